The molecule has 0 aliphatic heterocycles. The number of aromatic nitrogens is 4. The summed E-state index contributed by atoms with van der Waals surface area (Å²) < 4.78 is 1.69. The van der Waals surface area contributed by atoms with E-state index in [2.05, 4.69) is 20.4 Å². The Hall–Kier alpha value is -1.63. The summed E-state index contributed by atoms with van der Waals surface area (Å²) in [4.78, 5) is 20.1. The zero-order chi connectivity index (χ0) is 14.0. The first kappa shape index (κ1) is 13.8. The first-order chi connectivity index (χ1) is 8.87. The summed E-state index contributed by atoms with van der Waals surface area (Å²) in [6.45, 7) is 5.87. The van der Waals surface area contributed by atoms with E-state index in [9.17, 15) is 4.79 Å². The number of fused-ring (bicyclic) bond motifs is 1. The molecule has 102 valence electrons. The predicted molar refractivity (Wildman–Crippen MR) is 74.9 cm³/mol. The van der Waals surface area contributed by atoms with E-state index < -0.39 is 0 Å². The Balaban J connectivity index is 2.08. The fraction of sp³-hybridized carbons (Fsp3) is 0.500. The van der Waals surface area contributed by atoms with Crippen molar-refractivity contribution < 1.29 is 4.79 Å². The van der Waals surface area contributed by atoms with Gasteiger partial charge in [-0.15, -0.1) is 0 Å². The average Bonchev–Trinajstić information content (AvgIpc) is 2.67. The van der Waals surface area contributed by atoms with E-state index in [1.165, 1.54) is 18.1 Å². The molecule has 0 bridgehead atoms. The molecule has 19 heavy (non-hydrogen) atoms. The van der Waals surface area contributed by atoms with Crippen molar-refractivity contribution in [3.63, 3.8) is 0 Å². The van der Waals surface area contributed by atoms with Gasteiger partial charge in [-0.3, -0.25) is 9.48 Å². The molecule has 2 rings (SSSR count). The van der Waals surface area contributed by atoms with Crippen molar-refractivity contribution in [3.8, 4) is 0 Å². The maximum Gasteiger partial charge on any atom is 0.230 e. The normalized spacial score (nSPS) is 11.8. The predicted octanol–water partition coefficient (Wildman–Crippen LogP) is 1.37. The summed E-state index contributed by atoms with van der Waals surface area (Å²) in [6, 6.07) is 0. The van der Waals surface area contributed by atoms with Crippen molar-refractivity contribution in [2.24, 2.45) is 7.05 Å². The highest BCUT2D eigenvalue weighted by Crippen LogP contribution is 2.23. The van der Waals surface area contributed by atoms with Crippen molar-refractivity contribution in [2.45, 2.75) is 31.3 Å². The van der Waals surface area contributed by atoms with Crippen LogP contribution in [0.2, 0.25) is 0 Å². The molecule has 2 aromatic heterocycles. The molecular weight excluding hydrogens is 262 g/mol. The number of nitrogens with zero attached hydrogens (tertiary/aromatic N) is 4. The van der Waals surface area contributed by atoms with Gasteiger partial charge in [0.1, 0.15) is 11.4 Å². The Labute approximate surface area is 116 Å². The summed E-state index contributed by atoms with van der Waals surface area (Å²) in [7, 11) is 1.83. The van der Waals surface area contributed by atoms with Crippen molar-refractivity contribution >= 4 is 28.7 Å². The minimum Gasteiger partial charge on any atom is -0.351 e. The molecular formula is C12H17N5OS. The van der Waals surface area contributed by atoms with E-state index in [0.29, 0.717) is 5.75 Å². The average molecular weight is 279 g/mol. The molecule has 0 unspecified atom stereocenters. The van der Waals surface area contributed by atoms with Gasteiger partial charge in [-0.25, -0.2) is 9.97 Å². The largest absolute Gasteiger partial charge is 0.351 e. The number of thioether (sulfide) groups is 1. The third kappa shape index (κ3) is 3.44. The van der Waals surface area contributed by atoms with Gasteiger partial charge in [-0.2, -0.15) is 5.10 Å². The van der Waals surface area contributed by atoms with E-state index in [1.807, 2.05) is 27.8 Å². The van der Waals surface area contributed by atoms with Crippen molar-refractivity contribution in [1.29, 1.82) is 0 Å². The summed E-state index contributed by atoms with van der Waals surface area (Å²) in [6.07, 6.45) is 3.22. The van der Waals surface area contributed by atoms with E-state index in [0.717, 1.165) is 16.1 Å². The molecule has 0 spiro atoms. The zero-order valence-electron chi connectivity index (χ0n) is 11.5. The minimum atomic E-state index is -0.215. The van der Waals surface area contributed by atoms with E-state index in [-0.39, 0.29) is 11.4 Å². The van der Waals surface area contributed by atoms with Crippen LogP contribution in [0.15, 0.2) is 17.6 Å². The first-order valence-corrected chi connectivity index (χ1v) is 6.92. The number of hydrogen-bond donors (Lipinski definition) is 1. The molecule has 1 amide bonds. The van der Waals surface area contributed by atoms with Gasteiger partial charge >= 0.3 is 0 Å². The number of nitrogens with one attached hydrogen (secondary N) is 1. The molecule has 0 aliphatic carbocycles. The summed E-state index contributed by atoms with van der Waals surface area (Å²) >= 11 is 1.40. The van der Waals surface area contributed by atoms with E-state index >= 15 is 0 Å². The van der Waals surface area contributed by atoms with E-state index in [1.54, 1.807) is 10.9 Å². The lowest BCUT2D eigenvalue weighted by Gasteiger charge is -2.20. The van der Waals surface area contributed by atoms with E-state index in [4.69, 9.17) is 0 Å². The highest BCUT2D eigenvalue weighted by Gasteiger charge is 2.15. The van der Waals surface area contributed by atoms with Gasteiger partial charge in [0.2, 0.25) is 5.91 Å². The maximum absolute atomic E-state index is 11.8. The van der Waals surface area contributed by atoms with Crippen LogP contribution in [0.4, 0.5) is 0 Å². The number of amides is 1. The third-order valence-corrected chi connectivity index (χ3v) is 3.35. The lowest BCUT2D eigenvalue weighted by atomic mass is 10.1. The summed E-state index contributed by atoms with van der Waals surface area (Å²) in [5.41, 5.74) is 0.557. The SMILES string of the molecule is Cn1ncc2c(SCC(=O)NC(C)(C)C)ncnc21. The Morgan fingerprint density at radius 3 is 2.84 bits per heavy atom. The molecule has 0 saturated carbocycles. The Bertz CT molecular complexity index is 602. The zero-order valence-corrected chi connectivity index (χ0v) is 12.3. The van der Waals surface area contributed by atoms with Crippen LogP contribution >= 0.6 is 11.8 Å². The number of carbonyl (C=O) groups is 1. The van der Waals surface area contributed by atoms with Gasteiger partial charge < -0.3 is 5.32 Å². The molecule has 7 heteroatoms. The standard InChI is InChI=1S/C12H17N5OS/c1-12(2,3)16-9(18)6-19-11-8-5-15-17(4)10(8)13-7-14-11/h5,7H,6H2,1-4H3,(H,16,18). The lowest BCUT2D eigenvalue weighted by Crippen LogP contribution is -2.41. The number of rotatable bonds is 3. The fourth-order valence-corrected chi connectivity index (χ4v) is 2.40. The van der Waals surface area contributed by atoms with Gasteiger partial charge in [0.25, 0.3) is 0 Å². The second kappa shape index (κ2) is 5.16. The highest BCUT2D eigenvalue weighted by molar-refractivity contribution is 8.00. The molecule has 0 aliphatic rings. The minimum absolute atomic E-state index is 0.00634. The molecule has 0 aromatic carbocycles. The molecule has 6 nitrogen and oxygen atoms in total. The van der Waals surface area contributed by atoms with Crippen LogP contribution in [0.5, 0.6) is 0 Å². The van der Waals surface area contributed by atoms with Crippen LogP contribution in [-0.2, 0) is 11.8 Å². The fourth-order valence-electron chi connectivity index (χ4n) is 1.64. The molecule has 0 fully saturated rings. The molecule has 0 saturated heterocycles. The number of carbonyl (C=O) groups excluding carboxylic acids is 1. The Kier molecular flexibility index (Phi) is 3.75. The van der Waals surface area contributed by atoms with Gasteiger partial charge in [0.05, 0.1) is 17.3 Å². The van der Waals surface area contributed by atoms with Crippen molar-refractivity contribution in [3.05, 3.63) is 12.5 Å². The second-order valence-corrected chi connectivity index (χ2v) is 6.24. The van der Waals surface area contributed by atoms with Gasteiger partial charge in [0.15, 0.2) is 5.65 Å². The van der Waals surface area contributed by atoms with Crippen LogP contribution < -0.4 is 5.32 Å². The molecule has 0 atom stereocenters. The first-order valence-electron chi connectivity index (χ1n) is 5.93. The number of aryl methyl sites for hydroxylation is 1. The highest BCUT2D eigenvalue weighted by atomic mass is 32.2. The topological polar surface area (TPSA) is 72.7 Å². The smallest absolute Gasteiger partial charge is 0.230 e. The van der Waals surface area contributed by atoms with Gasteiger partial charge in [-0.05, 0) is 20.8 Å². The quantitative estimate of drug-likeness (QED) is 0.678. The van der Waals surface area contributed by atoms with Crippen LogP contribution in [0.3, 0.4) is 0 Å². The Morgan fingerprint density at radius 2 is 2.16 bits per heavy atom. The van der Waals surface area contributed by atoms with Crippen LogP contribution in [0.1, 0.15) is 20.8 Å². The van der Waals surface area contributed by atoms with Gasteiger partial charge in [-0.1, -0.05) is 11.8 Å². The van der Waals surface area contributed by atoms with Crippen molar-refractivity contribution in [1.82, 2.24) is 25.1 Å². The maximum atomic E-state index is 11.8. The third-order valence-electron chi connectivity index (χ3n) is 2.35. The number of hydrogen-bond acceptors (Lipinski definition) is 5. The Morgan fingerprint density at radius 1 is 1.42 bits per heavy atom. The van der Waals surface area contributed by atoms with Crippen molar-refractivity contribution in [2.75, 3.05) is 5.75 Å². The molecule has 2 heterocycles. The second-order valence-electron chi connectivity index (χ2n) is 5.27. The van der Waals surface area contributed by atoms with Crippen LogP contribution in [0, 0.1) is 0 Å². The molecule has 2 aromatic rings. The lowest BCUT2D eigenvalue weighted by molar-refractivity contribution is -0.119. The monoisotopic (exact) mass is 279 g/mol. The molecule has 1 N–H and O–H groups in total. The van der Waals surface area contributed by atoms with Gasteiger partial charge in [0, 0.05) is 12.6 Å². The summed E-state index contributed by atoms with van der Waals surface area (Å²) in [5, 5.41) is 8.72. The van der Waals surface area contributed by atoms with Crippen LogP contribution in [0.25, 0.3) is 11.0 Å². The molecule has 0 radical (unpaired) electrons. The summed E-state index contributed by atoms with van der Waals surface area (Å²) in [5.74, 6) is 0.325. The van der Waals surface area contributed by atoms with Crippen LogP contribution in [-0.4, -0.2) is 36.9 Å².